The summed E-state index contributed by atoms with van der Waals surface area (Å²) >= 11 is 5.99. The zero-order valence-corrected chi connectivity index (χ0v) is 16.9. The Morgan fingerprint density at radius 2 is 1.61 bits per heavy atom. The monoisotopic (exact) mass is 386 g/mol. The zero-order valence-electron chi connectivity index (χ0n) is 16.1. The van der Waals surface area contributed by atoms with Crippen LogP contribution in [0.4, 0.5) is 0 Å². The molecular weight excluding hydrogens is 364 g/mol. The Hall–Kier alpha value is -2.84. The van der Waals surface area contributed by atoms with Crippen LogP contribution >= 0.6 is 11.6 Å². The summed E-state index contributed by atoms with van der Waals surface area (Å²) in [6.45, 7) is 5.23. The zero-order chi connectivity index (χ0) is 19.5. The van der Waals surface area contributed by atoms with Gasteiger partial charge in [0.15, 0.2) is 0 Å². The summed E-state index contributed by atoms with van der Waals surface area (Å²) in [5.74, 6) is 1.49. The predicted octanol–water partition coefficient (Wildman–Crippen LogP) is 7.03. The lowest BCUT2D eigenvalue weighted by molar-refractivity contribution is 0.809. The first-order chi connectivity index (χ1) is 13.6. The molecule has 1 aromatic heterocycles. The number of para-hydroxylation sites is 2. The number of nitrogens with zero attached hydrogens (tertiary/aromatic N) is 2. The third kappa shape index (κ3) is 4.02. The molecule has 1 heterocycles. The summed E-state index contributed by atoms with van der Waals surface area (Å²) in [7, 11) is 0. The van der Waals surface area contributed by atoms with Crippen LogP contribution in [0.1, 0.15) is 42.3 Å². The Morgan fingerprint density at radius 1 is 0.893 bits per heavy atom. The van der Waals surface area contributed by atoms with Crippen LogP contribution in [0.3, 0.4) is 0 Å². The smallest absolute Gasteiger partial charge is 0.134 e. The van der Waals surface area contributed by atoms with Gasteiger partial charge < -0.3 is 4.57 Å². The van der Waals surface area contributed by atoms with Crippen molar-refractivity contribution in [1.29, 1.82) is 0 Å². The third-order valence-electron chi connectivity index (χ3n) is 4.97. The van der Waals surface area contributed by atoms with Crippen molar-refractivity contribution in [2.45, 2.75) is 26.3 Å². The molecule has 3 heteroatoms. The number of rotatable bonds is 5. The standard InChI is InChI=1S/C25H23ClN2/c1-18(2)21-12-7-20(8-13-21)17-28-24-6-4-3-5-23(24)27-25(28)16-11-19-9-14-22(26)15-10-19/h3-16,18H,17H2,1-2H3/b16-11+. The minimum atomic E-state index is 0.543. The minimum Gasteiger partial charge on any atom is -0.320 e. The molecule has 0 aliphatic heterocycles. The van der Waals surface area contributed by atoms with Gasteiger partial charge in [-0.25, -0.2) is 4.98 Å². The maximum Gasteiger partial charge on any atom is 0.134 e. The lowest BCUT2D eigenvalue weighted by atomic mass is 10.0. The first kappa shape index (κ1) is 18.5. The second kappa shape index (κ2) is 8.04. The Bertz CT molecular complexity index is 1100. The number of imidazole rings is 1. The van der Waals surface area contributed by atoms with Crippen molar-refractivity contribution in [3.8, 4) is 0 Å². The molecule has 0 radical (unpaired) electrons. The SMILES string of the molecule is CC(C)c1ccc(Cn2c(/C=C/c3ccc(Cl)cc3)nc3ccccc32)cc1. The summed E-state index contributed by atoms with van der Waals surface area (Å²) in [4.78, 5) is 4.84. The normalized spacial score (nSPS) is 11.7. The number of aromatic nitrogens is 2. The molecule has 0 aliphatic rings. The molecule has 0 spiro atoms. The highest BCUT2D eigenvalue weighted by Gasteiger charge is 2.09. The lowest BCUT2D eigenvalue weighted by Gasteiger charge is -2.10. The Kier molecular flexibility index (Phi) is 5.31. The van der Waals surface area contributed by atoms with Gasteiger partial charge in [0, 0.05) is 11.6 Å². The molecule has 0 unspecified atom stereocenters. The van der Waals surface area contributed by atoms with Gasteiger partial charge in [0.25, 0.3) is 0 Å². The van der Waals surface area contributed by atoms with Gasteiger partial charge >= 0.3 is 0 Å². The van der Waals surface area contributed by atoms with Gasteiger partial charge in [0.05, 0.1) is 11.0 Å². The molecule has 0 N–H and O–H groups in total. The van der Waals surface area contributed by atoms with Gasteiger partial charge in [-0.05, 0) is 52.9 Å². The van der Waals surface area contributed by atoms with Crippen LogP contribution < -0.4 is 0 Å². The van der Waals surface area contributed by atoms with Crippen molar-refractivity contribution in [2.75, 3.05) is 0 Å². The summed E-state index contributed by atoms with van der Waals surface area (Å²) in [5.41, 5.74) is 5.89. The van der Waals surface area contributed by atoms with Crippen molar-refractivity contribution in [1.82, 2.24) is 9.55 Å². The van der Waals surface area contributed by atoms with E-state index in [2.05, 4.69) is 73.0 Å². The Labute approximate surface area is 171 Å². The summed E-state index contributed by atoms with van der Waals surface area (Å²) < 4.78 is 2.27. The maximum atomic E-state index is 5.99. The fraction of sp³-hybridized carbons (Fsp3) is 0.160. The van der Waals surface area contributed by atoms with Gasteiger partial charge in [0.2, 0.25) is 0 Å². The van der Waals surface area contributed by atoms with Crippen LogP contribution in [0, 0.1) is 0 Å². The number of hydrogen-bond donors (Lipinski definition) is 0. The van der Waals surface area contributed by atoms with Crippen molar-refractivity contribution in [3.63, 3.8) is 0 Å². The van der Waals surface area contributed by atoms with Crippen molar-refractivity contribution in [2.24, 2.45) is 0 Å². The summed E-state index contributed by atoms with van der Waals surface area (Å²) in [6, 6.07) is 25.0. The molecule has 3 aromatic carbocycles. The first-order valence-electron chi connectivity index (χ1n) is 9.58. The topological polar surface area (TPSA) is 17.8 Å². The van der Waals surface area contributed by atoms with E-state index in [4.69, 9.17) is 16.6 Å². The molecule has 2 nitrogen and oxygen atoms in total. The molecular formula is C25H23ClN2. The second-order valence-corrected chi connectivity index (χ2v) is 7.76. The highest BCUT2D eigenvalue weighted by Crippen LogP contribution is 2.21. The van der Waals surface area contributed by atoms with Crippen molar-refractivity contribution in [3.05, 3.63) is 100 Å². The largest absolute Gasteiger partial charge is 0.320 e. The maximum absolute atomic E-state index is 5.99. The number of hydrogen-bond acceptors (Lipinski definition) is 1. The van der Waals surface area contributed by atoms with E-state index in [9.17, 15) is 0 Å². The Balaban J connectivity index is 1.69. The van der Waals surface area contributed by atoms with E-state index >= 15 is 0 Å². The molecule has 0 bridgehead atoms. The summed E-state index contributed by atoms with van der Waals surface area (Å²) in [5, 5.41) is 0.745. The second-order valence-electron chi connectivity index (χ2n) is 7.33. The van der Waals surface area contributed by atoms with E-state index in [-0.39, 0.29) is 0 Å². The fourth-order valence-corrected chi connectivity index (χ4v) is 3.45. The molecule has 0 saturated heterocycles. The Morgan fingerprint density at radius 3 is 2.32 bits per heavy atom. The average molecular weight is 387 g/mol. The molecule has 140 valence electrons. The van der Waals surface area contributed by atoms with Crippen molar-refractivity contribution < 1.29 is 0 Å². The molecule has 0 atom stereocenters. The lowest BCUT2D eigenvalue weighted by Crippen LogP contribution is -2.02. The highest BCUT2D eigenvalue weighted by molar-refractivity contribution is 6.30. The van der Waals surface area contributed by atoms with Gasteiger partial charge in [0.1, 0.15) is 5.82 Å². The quantitative estimate of drug-likeness (QED) is 0.360. The van der Waals surface area contributed by atoms with Gasteiger partial charge in [-0.2, -0.15) is 0 Å². The van der Waals surface area contributed by atoms with Crippen LogP contribution in [0.25, 0.3) is 23.2 Å². The average Bonchev–Trinajstić information content (AvgIpc) is 3.05. The van der Waals surface area contributed by atoms with Gasteiger partial charge in [-0.1, -0.05) is 80.1 Å². The van der Waals surface area contributed by atoms with E-state index < -0.39 is 0 Å². The van der Waals surface area contributed by atoms with E-state index in [0.717, 1.165) is 34.0 Å². The summed E-state index contributed by atoms with van der Waals surface area (Å²) in [6.07, 6.45) is 4.15. The number of benzene rings is 3. The fourth-order valence-electron chi connectivity index (χ4n) is 3.32. The van der Waals surface area contributed by atoms with Crippen LogP contribution in [0.15, 0.2) is 72.8 Å². The van der Waals surface area contributed by atoms with Gasteiger partial charge in [-0.15, -0.1) is 0 Å². The third-order valence-corrected chi connectivity index (χ3v) is 5.22. The van der Waals surface area contributed by atoms with Crippen LogP contribution in [-0.2, 0) is 6.54 Å². The molecule has 0 amide bonds. The molecule has 0 aliphatic carbocycles. The van der Waals surface area contributed by atoms with E-state index in [1.165, 1.54) is 11.1 Å². The highest BCUT2D eigenvalue weighted by atomic mass is 35.5. The van der Waals surface area contributed by atoms with Crippen LogP contribution in [0.2, 0.25) is 5.02 Å². The molecule has 4 rings (SSSR count). The van der Waals surface area contributed by atoms with Gasteiger partial charge in [-0.3, -0.25) is 0 Å². The molecule has 0 saturated carbocycles. The number of fused-ring (bicyclic) bond motifs is 1. The van der Waals surface area contributed by atoms with E-state index in [1.54, 1.807) is 0 Å². The molecule has 0 fully saturated rings. The van der Waals surface area contributed by atoms with E-state index in [1.807, 2.05) is 30.3 Å². The number of halogens is 1. The molecule has 28 heavy (non-hydrogen) atoms. The predicted molar refractivity (Wildman–Crippen MR) is 120 cm³/mol. The minimum absolute atomic E-state index is 0.543. The van der Waals surface area contributed by atoms with E-state index in [0.29, 0.717) is 5.92 Å². The van der Waals surface area contributed by atoms with Crippen LogP contribution in [0.5, 0.6) is 0 Å². The van der Waals surface area contributed by atoms with Crippen LogP contribution in [-0.4, -0.2) is 9.55 Å². The molecule has 4 aromatic rings. The first-order valence-corrected chi connectivity index (χ1v) is 9.96. The van der Waals surface area contributed by atoms with Crippen molar-refractivity contribution >= 4 is 34.8 Å².